The third-order valence-electron chi connectivity index (χ3n) is 3.85. The molecule has 1 aliphatic rings. The fourth-order valence-electron chi connectivity index (χ4n) is 2.64. The molecule has 3 rings (SSSR count). The number of carbonyl (C=O) groups excluding carboxylic acids is 2. The second-order valence-electron chi connectivity index (χ2n) is 5.57. The van der Waals surface area contributed by atoms with Crippen LogP contribution in [0.25, 0.3) is 11.7 Å². The van der Waals surface area contributed by atoms with Gasteiger partial charge in [-0.25, -0.2) is 0 Å². The number of likely N-dealkylation sites (tertiary alicyclic amines) is 1. The molecule has 0 bridgehead atoms. The van der Waals surface area contributed by atoms with Crippen LogP contribution in [-0.2, 0) is 14.3 Å². The zero-order valence-electron chi connectivity index (χ0n) is 13.8. The summed E-state index contributed by atoms with van der Waals surface area (Å²) < 4.78 is 15.7. The van der Waals surface area contributed by atoms with Crippen molar-refractivity contribution in [2.75, 3.05) is 25.4 Å². The van der Waals surface area contributed by atoms with E-state index in [-0.39, 0.29) is 29.4 Å². The van der Waals surface area contributed by atoms with Gasteiger partial charge in [-0.05, 0) is 31.9 Å². The lowest BCUT2D eigenvalue weighted by Crippen LogP contribution is -2.43. The van der Waals surface area contributed by atoms with Gasteiger partial charge in [0.15, 0.2) is 5.76 Å². The van der Waals surface area contributed by atoms with E-state index in [1.807, 2.05) is 0 Å². The Labute approximate surface area is 148 Å². The second-order valence-corrected chi connectivity index (χ2v) is 6.50. The molecule has 134 valence electrons. The highest BCUT2D eigenvalue weighted by atomic mass is 32.2. The van der Waals surface area contributed by atoms with E-state index in [0.717, 1.165) is 12.8 Å². The number of amides is 1. The minimum Gasteiger partial charge on any atom is -0.466 e. The fourth-order valence-corrected chi connectivity index (χ4v) is 3.30. The van der Waals surface area contributed by atoms with Crippen LogP contribution >= 0.6 is 11.8 Å². The van der Waals surface area contributed by atoms with Crippen molar-refractivity contribution < 1.29 is 23.2 Å². The van der Waals surface area contributed by atoms with E-state index in [2.05, 4.69) is 10.2 Å². The molecule has 9 heteroatoms. The number of carbonyl (C=O) groups is 2. The third kappa shape index (κ3) is 4.41. The zero-order valence-corrected chi connectivity index (χ0v) is 14.7. The van der Waals surface area contributed by atoms with Crippen molar-refractivity contribution in [2.45, 2.75) is 25.0 Å². The molecule has 2 aromatic heterocycles. The zero-order chi connectivity index (χ0) is 17.6. The number of aromatic nitrogens is 2. The summed E-state index contributed by atoms with van der Waals surface area (Å²) in [4.78, 5) is 25.9. The molecule has 1 fully saturated rings. The Kier molecular flexibility index (Phi) is 5.75. The van der Waals surface area contributed by atoms with Crippen LogP contribution in [0.3, 0.4) is 0 Å². The van der Waals surface area contributed by atoms with E-state index in [9.17, 15) is 9.59 Å². The van der Waals surface area contributed by atoms with Gasteiger partial charge in [-0.3, -0.25) is 9.59 Å². The second kappa shape index (κ2) is 8.19. The van der Waals surface area contributed by atoms with E-state index in [0.29, 0.717) is 30.7 Å². The molecule has 1 saturated heterocycles. The van der Waals surface area contributed by atoms with Crippen molar-refractivity contribution in [3.05, 3.63) is 18.4 Å². The van der Waals surface area contributed by atoms with Crippen LogP contribution in [0.1, 0.15) is 19.8 Å². The molecule has 0 spiro atoms. The van der Waals surface area contributed by atoms with Crippen LogP contribution in [0.15, 0.2) is 32.5 Å². The van der Waals surface area contributed by atoms with E-state index in [4.69, 9.17) is 13.6 Å². The smallest absolute Gasteiger partial charge is 0.310 e. The summed E-state index contributed by atoms with van der Waals surface area (Å²) in [5.74, 6) is 0.412. The van der Waals surface area contributed by atoms with E-state index < -0.39 is 0 Å². The summed E-state index contributed by atoms with van der Waals surface area (Å²) in [7, 11) is 0. The largest absolute Gasteiger partial charge is 0.466 e. The number of thioether (sulfide) groups is 1. The predicted molar refractivity (Wildman–Crippen MR) is 88.7 cm³/mol. The molecule has 0 N–H and O–H groups in total. The van der Waals surface area contributed by atoms with Crippen molar-refractivity contribution in [3.8, 4) is 11.7 Å². The molecule has 2 aromatic rings. The molecule has 1 aliphatic heterocycles. The van der Waals surface area contributed by atoms with Gasteiger partial charge in [0.25, 0.3) is 11.1 Å². The quantitative estimate of drug-likeness (QED) is 0.568. The van der Waals surface area contributed by atoms with Crippen LogP contribution < -0.4 is 0 Å². The molecule has 1 amide bonds. The lowest BCUT2D eigenvalue weighted by atomic mass is 9.98. The molecule has 0 aliphatic carbocycles. The molecule has 0 unspecified atom stereocenters. The van der Waals surface area contributed by atoms with Crippen LogP contribution in [0.2, 0.25) is 0 Å². The average Bonchev–Trinajstić information content (AvgIpc) is 3.31. The SMILES string of the molecule is CCOC(=O)[C@@H]1CCCN(C(=O)CSc2nnc(-c3ccco3)o2)C1. The number of hydrogen-bond donors (Lipinski definition) is 0. The Hall–Kier alpha value is -2.29. The highest BCUT2D eigenvalue weighted by Gasteiger charge is 2.29. The van der Waals surface area contributed by atoms with Crippen LogP contribution in [0.5, 0.6) is 0 Å². The van der Waals surface area contributed by atoms with Gasteiger partial charge >= 0.3 is 5.97 Å². The Balaban J connectivity index is 1.51. The van der Waals surface area contributed by atoms with Crippen molar-refractivity contribution >= 4 is 23.6 Å². The number of nitrogens with zero attached hydrogens (tertiary/aromatic N) is 3. The first kappa shape index (κ1) is 17.5. The van der Waals surface area contributed by atoms with Crippen molar-refractivity contribution in [2.24, 2.45) is 5.92 Å². The van der Waals surface area contributed by atoms with Gasteiger partial charge in [-0.15, -0.1) is 10.2 Å². The fraction of sp³-hybridized carbons (Fsp3) is 0.500. The number of furan rings is 1. The Morgan fingerprint density at radius 2 is 2.32 bits per heavy atom. The first-order valence-electron chi connectivity index (χ1n) is 8.12. The van der Waals surface area contributed by atoms with Crippen LogP contribution in [0.4, 0.5) is 0 Å². The molecular formula is C16H19N3O5S. The molecule has 0 radical (unpaired) electrons. The van der Waals surface area contributed by atoms with Gasteiger partial charge in [0, 0.05) is 13.1 Å². The van der Waals surface area contributed by atoms with Crippen LogP contribution in [0, 0.1) is 5.92 Å². The summed E-state index contributed by atoms with van der Waals surface area (Å²) in [5, 5.41) is 8.09. The molecule has 8 nitrogen and oxygen atoms in total. The van der Waals surface area contributed by atoms with Gasteiger partial charge in [0.1, 0.15) is 0 Å². The Morgan fingerprint density at radius 1 is 1.44 bits per heavy atom. The van der Waals surface area contributed by atoms with Gasteiger partial charge in [-0.2, -0.15) is 0 Å². The molecule has 1 atom stereocenters. The minimum absolute atomic E-state index is 0.0586. The molecule has 0 saturated carbocycles. The average molecular weight is 365 g/mol. The Bertz CT molecular complexity index is 715. The van der Waals surface area contributed by atoms with Crippen LogP contribution in [-0.4, -0.2) is 52.4 Å². The van der Waals surface area contributed by atoms with Gasteiger partial charge in [0.2, 0.25) is 5.91 Å². The van der Waals surface area contributed by atoms with Gasteiger partial charge in [0.05, 0.1) is 24.5 Å². The van der Waals surface area contributed by atoms with Crippen molar-refractivity contribution in [1.82, 2.24) is 15.1 Å². The maximum absolute atomic E-state index is 12.4. The molecule has 0 aromatic carbocycles. The van der Waals surface area contributed by atoms with Gasteiger partial charge < -0.3 is 18.5 Å². The van der Waals surface area contributed by atoms with E-state index in [1.165, 1.54) is 18.0 Å². The highest BCUT2D eigenvalue weighted by Crippen LogP contribution is 2.24. The van der Waals surface area contributed by atoms with Crippen molar-refractivity contribution in [3.63, 3.8) is 0 Å². The summed E-state index contributed by atoms with van der Waals surface area (Å²) in [6.45, 7) is 3.19. The lowest BCUT2D eigenvalue weighted by Gasteiger charge is -2.31. The Morgan fingerprint density at radius 3 is 3.08 bits per heavy atom. The number of hydrogen-bond acceptors (Lipinski definition) is 8. The maximum Gasteiger partial charge on any atom is 0.310 e. The summed E-state index contributed by atoms with van der Waals surface area (Å²) in [6.07, 6.45) is 3.07. The number of piperidine rings is 1. The predicted octanol–water partition coefficient (Wildman–Crippen LogP) is 2.22. The summed E-state index contributed by atoms with van der Waals surface area (Å²) >= 11 is 1.17. The third-order valence-corrected chi connectivity index (χ3v) is 4.65. The first-order chi connectivity index (χ1) is 12.2. The molecule has 25 heavy (non-hydrogen) atoms. The summed E-state index contributed by atoms with van der Waals surface area (Å²) in [5.41, 5.74) is 0. The van der Waals surface area contributed by atoms with E-state index >= 15 is 0 Å². The summed E-state index contributed by atoms with van der Waals surface area (Å²) in [6, 6.07) is 3.45. The van der Waals surface area contributed by atoms with Crippen molar-refractivity contribution in [1.29, 1.82) is 0 Å². The number of esters is 1. The van der Waals surface area contributed by atoms with E-state index in [1.54, 1.807) is 24.0 Å². The highest BCUT2D eigenvalue weighted by molar-refractivity contribution is 7.99. The first-order valence-corrected chi connectivity index (χ1v) is 9.10. The monoisotopic (exact) mass is 365 g/mol. The normalized spacial score (nSPS) is 17.5. The molecule has 3 heterocycles. The van der Waals surface area contributed by atoms with Gasteiger partial charge in [-0.1, -0.05) is 11.8 Å². The number of ether oxygens (including phenoxy) is 1. The lowest BCUT2D eigenvalue weighted by molar-refractivity contribution is -0.151. The standard InChI is InChI=1S/C16H19N3O5S/c1-2-22-15(21)11-5-3-7-19(9-11)13(20)10-25-16-18-17-14(24-16)12-6-4-8-23-12/h4,6,8,11H,2-3,5,7,9-10H2,1H3/t11-/m1/s1. The topological polar surface area (TPSA) is 98.7 Å². The maximum atomic E-state index is 12.4. The molecular weight excluding hydrogens is 346 g/mol. The minimum atomic E-state index is -0.239. The number of rotatable bonds is 6.